The van der Waals surface area contributed by atoms with Crippen LogP contribution in [-0.2, 0) is 11.3 Å². The lowest BCUT2D eigenvalue weighted by Gasteiger charge is -2.17. The van der Waals surface area contributed by atoms with Crippen molar-refractivity contribution in [2.24, 2.45) is 0 Å². The molecule has 0 aliphatic heterocycles. The Balaban J connectivity index is 2.13. The number of hydrogen-bond donors (Lipinski definition) is 1. The molecule has 0 aliphatic rings. The fourth-order valence-corrected chi connectivity index (χ4v) is 3.45. The number of carboxylic acids is 1. The summed E-state index contributed by atoms with van der Waals surface area (Å²) >= 11 is 0. The maximum Gasteiger partial charge on any atom is 0.304 e. The molecule has 0 saturated heterocycles. The van der Waals surface area contributed by atoms with Crippen LogP contribution < -0.4 is 4.73 Å². The third-order valence-electron chi connectivity index (χ3n) is 5.10. The minimum absolute atomic E-state index is 0.0927. The van der Waals surface area contributed by atoms with Gasteiger partial charge in [-0.3, -0.25) is 14.9 Å². The molecule has 8 heteroatoms. The molecule has 0 fully saturated rings. The smallest absolute Gasteiger partial charge is 0.304 e. The highest BCUT2D eigenvalue weighted by Crippen LogP contribution is 2.30. The van der Waals surface area contributed by atoms with E-state index < -0.39 is 16.8 Å². The predicted molar refractivity (Wildman–Crippen MR) is 106 cm³/mol. The zero-order chi connectivity index (χ0) is 21.1. The Kier molecular flexibility index (Phi) is 5.63. The van der Waals surface area contributed by atoms with Crippen molar-refractivity contribution < 1.29 is 19.6 Å². The van der Waals surface area contributed by atoms with Crippen LogP contribution in [0.2, 0.25) is 0 Å². The molecular weight excluding hydrogens is 374 g/mol. The van der Waals surface area contributed by atoms with Gasteiger partial charge >= 0.3 is 5.97 Å². The summed E-state index contributed by atoms with van der Waals surface area (Å²) < 4.78 is 2.60. The van der Waals surface area contributed by atoms with E-state index in [1.54, 1.807) is 6.92 Å². The zero-order valence-electron chi connectivity index (χ0n) is 16.1. The molecule has 1 unspecified atom stereocenters. The number of imidazole rings is 1. The number of hydrogen-bond acceptors (Lipinski definition) is 4. The lowest BCUT2D eigenvalue weighted by Crippen LogP contribution is -2.36. The number of rotatable bonds is 7. The van der Waals surface area contributed by atoms with Crippen molar-refractivity contribution in [2.45, 2.75) is 32.7 Å². The number of benzene rings is 2. The van der Waals surface area contributed by atoms with Gasteiger partial charge in [-0.15, -0.1) is 0 Å². The number of nitro groups is 1. The van der Waals surface area contributed by atoms with Gasteiger partial charge in [-0.1, -0.05) is 42.5 Å². The standard InChI is InChI=1S/C21H21N3O5/c1-14-15(2)23(27)21(22(14)13-16-6-4-3-5-7-16)19(12-20(25)26)17-8-10-18(11-9-17)24(28)29/h3-11,19H,12-13H2,1-2H3,(H,25,26). The van der Waals surface area contributed by atoms with Gasteiger partial charge in [-0.25, -0.2) is 9.30 Å². The van der Waals surface area contributed by atoms with Gasteiger partial charge in [0.15, 0.2) is 0 Å². The molecule has 0 aliphatic carbocycles. The summed E-state index contributed by atoms with van der Waals surface area (Å²) in [6.45, 7) is 3.94. The van der Waals surface area contributed by atoms with Crippen molar-refractivity contribution >= 4 is 11.7 Å². The second-order valence-corrected chi connectivity index (χ2v) is 6.89. The predicted octanol–water partition coefficient (Wildman–Crippen LogP) is 3.30. The first kappa shape index (κ1) is 20.1. The van der Waals surface area contributed by atoms with Gasteiger partial charge in [-0.2, -0.15) is 0 Å². The average molecular weight is 395 g/mol. The number of carboxylic acid groups (broad SMARTS) is 1. The molecule has 2 aromatic carbocycles. The van der Waals surface area contributed by atoms with Crippen molar-refractivity contribution in [1.29, 1.82) is 0 Å². The maximum atomic E-state index is 13.0. The highest BCUT2D eigenvalue weighted by molar-refractivity contribution is 5.68. The molecule has 0 saturated carbocycles. The molecule has 0 spiro atoms. The molecule has 1 N–H and O–H groups in total. The summed E-state index contributed by atoms with van der Waals surface area (Å²) in [5.41, 5.74) is 2.66. The summed E-state index contributed by atoms with van der Waals surface area (Å²) in [4.78, 5) is 22.0. The Morgan fingerprint density at radius 3 is 2.31 bits per heavy atom. The summed E-state index contributed by atoms with van der Waals surface area (Å²) in [6, 6.07) is 15.2. The molecule has 0 bridgehead atoms. The van der Waals surface area contributed by atoms with E-state index in [1.165, 1.54) is 24.3 Å². The minimum Gasteiger partial charge on any atom is -0.711 e. The van der Waals surface area contributed by atoms with E-state index in [-0.39, 0.29) is 12.1 Å². The van der Waals surface area contributed by atoms with Gasteiger partial charge in [0.25, 0.3) is 11.5 Å². The van der Waals surface area contributed by atoms with Gasteiger partial charge in [0.1, 0.15) is 17.9 Å². The van der Waals surface area contributed by atoms with E-state index >= 15 is 0 Å². The molecule has 1 atom stereocenters. The van der Waals surface area contributed by atoms with E-state index in [9.17, 15) is 25.2 Å². The van der Waals surface area contributed by atoms with Crippen LogP contribution in [-0.4, -0.2) is 20.6 Å². The molecular formula is C21H21N3O5. The SMILES string of the molecule is Cc1c(C)[n+]([O-])c(C(CC(=O)O)c2ccc([N+](=O)[O-])cc2)n1Cc1ccccc1. The van der Waals surface area contributed by atoms with E-state index in [2.05, 4.69) is 0 Å². The molecule has 0 amide bonds. The number of aliphatic carboxylic acids is 1. The van der Waals surface area contributed by atoms with Crippen LogP contribution in [0.3, 0.4) is 0 Å². The lowest BCUT2D eigenvalue weighted by atomic mass is 9.94. The topological polar surface area (TPSA) is 112 Å². The average Bonchev–Trinajstić information content (AvgIpc) is 2.91. The number of nitrogens with zero attached hydrogens (tertiary/aromatic N) is 3. The highest BCUT2D eigenvalue weighted by atomic mass is 16.6. The van der Waals surface area contributed by atoms with Gasteiger partial charge in [0.05, 0.1) is 17.3 Å². The first-order chi connectivity index (χ1) is 13.8. The van der Waals surface area contributed by atoms with Gasteiger partial charge in [0, 0.05) is 26.0 Å². The van der Waals surface area contributed by atoms with Crippen LogP contribution in [0.4, 0.5) is 5.69 Å². The van der Waals surface area contributed by atoms with Crippen LogP contribution in [0.5, 0.6) is 0 Å². The van der Waals surface area contributed by atoms with Gasteiger partial charge in [-0.05, 0) is 11.1 Å². The summed E-state index contributed by atoms with van der Waals surface area (Å²) in [7, 11) is 0. The Labute approximate surface area is 167 Å². The molecule has 150 valence electrons. The van der Waals surface area contributed by atoms with E-state index in [4.69, 9.17) is 0 Å². The first-order valence-corrected chi connectivity index (χ1v) is 9.08. The maximum absolute atomic E-state index is 13.0. The molecule has 1 aromatic heterocycles. The number of aromatic nitrogens is 2. The normalized spacial score (nSPS) is 11.9. The molecule has 3 rings (SSSR count). The van der Waals surface area contributed by atoms with Crippen molar-refractivity contribution in [1.82, 2.24) is 4.57 Å². The van der Waals surface area contributed by atoms with Crippen LogP contribution >= 0.6 is 0 Å². The van der Waals surface area contributed by atoms with Crippen molar-refractivity contribution in [3.63, 3.8) is 0 Å². The monoisotopic (exact) mass is 395 g/mol. The molecule has 29 heavy (non-hydrogen) atoms. The number of nitro benzene ring substituents is 1. The van der Waals surface area contributed by atoms with Crippen LogP contribution in [0.25, 0.3) is 0 Å². The van der Waals surface area contributed by atoms with E-state index in [1.807, 2.05) is 41.8 Å². The fraction of sp³-hybridized carbons (Fsp3) is 0.238. The van der Waals surface area contributed by atoms with Gasteiger partial charge < -0.3 is 10.3 Å². The molecule has 8 nitrogen and oxygen atoms in total. The highest BCUT2D eigenvalue weighted by Gasteiger charge is 2.33. The fourth-order valence-electron chi connectivity index (χ4n) is 3.45. The molecule has 3 aromatic rings. The second-order valence-electron chi connectivity index (χ2n) is 6.89. The first-order valence-electron chi connectivity index (χ1n) is 9.08. The molecule has 1 heterocycles. The second kappa shape index (κ2) is 8.14. The summed E-state index contributed by atoms with van der Waals surface area (Å²) in [6.07, 6.45) is -0.308. The Bertz CT molecular complexity index is 1040. The van der Waals surface area contributed by atoms with Crippen molar-refractivity contribution in [2.75, 3.05) is 0 Å². The van der Waals surface area contributed by atoms with Crippen LogP contribution in [0.15, 0.2) is 54.6 Å². The molecule has 0 radical (unpaired) electrons. The lowest BCUT2D eigenvalue weighted by molar-refractivity contribution is -0.621. The summed E-state index contributed by atoms with van der Waals surface area (Å²) in [5.74, 6) is -1.50. The Hall–Kier alpha value is -3.68. The van der Waals surface area contributed by atoms with E-state index in [0.717, 1.165) is 16.0 Å². The van der Waals surface area contributed by atoms with Crippen molar-refractivity contribution in [3.05, 3.63) is 98.3 Å². The van der Waals surface area contributed by atoms with Gasteiger partial charge in [0.2, 0.25) is 0 Å². The Morgan fingerprint density at radius 2 is 1.76 bits per heavy atom. The largest absolute Gasteiger partial charge is 0.711 e. The number of carbonyl (C=O) groups is 1. The van der Waals surface area contributed by atoms with Crippen molar-refractivity contribution in [3.8, 4) is 0 Å². The minimum atomic E-state index is -1.06. The Morgan fingerprint density at radius 1 is 1.14 bits per heavy atom. The number of non-ortho nitro benzene ring substituents is 1. The van der Waals surface area contributed by atoms with E-state index in [0.29, 0.717) is 23.6 Å². The third-order valence-corrected chi connectivity index (χ3v) is 5.10. The van der Waals surface area contributed by atoms with Crippen LogP contribution in [0.1, 0.15) is 40.7 Å². The summed E-state index contributed by atoms with van der Waals surface area (Å²) in [5, 5.41) is 33.4. The van der Waals surface area contributed by atoms with Crippen LogP contribution in [0, 0.1) is 29.2 Å². The quantitative estimate of drug-likeness (QED) is 0.285. The zero-order valence-corrected chi connectivity index (χ0v) is 16.1. The third kappa shape index (κ3) is 4.11.